The second-order valence-electron chi connectivity index (χ2n) is 6.15. The summed E-state index contributed by atoms with van der Waals surface area (Å²) in [5.74, 6) is -1.12. The molecule has 1 saturated heterocycles. The minimum absolute atomic E-state index is 0.0308. The van der Waals surface area contributed by atoms with Crippen molar-refractivity contribution in [3.63, 3.8) is 0 Å². The molecule has 2 aliphatic rings. The molecule has 1 atom stereocenters. The van der Waals surface area contributed by atoms with Gasteiger partial charge in [0.25, 0.3) is 5.91 Å². The molecule has 0 saturated carbocycles. The molecule has 0 aliphatic carbocycles. The predicted molar refractivity (Wildman–Crippen MR) is 88.8 cm³/mol. The zero-order valence-electron chi connectivity index (χ0n) is 13.4. The number of hydrogen-bond acceptors (Lipinski definition) is 5. The maximum atomic E-state index is 12.9. The molecule has 0 radical (unpaired) electrons. The number of hydrogen-bond donors (Lipinski definition) is 1. The van der Waals surface area contributed by atoms with Gasteiger partial charge in [0.15, 0.2) is 9.84 Å². The Balaban J connectivity index is 1.66. The number of hydrazone groups is 1. The lowest BCUT2D eigenvalue weighted by atomic mass is 10.1. The van der Waals surface area contributed by atoms with E-state index in [4.69, 9.17) is 0 Å². The molecule has 25 heavy (non-hydrogen) atoms. The normalized spacial score (nSPS) is 22.6. The Morgan fingerprint density at radius 2 is 2.00 bits per heavy atom. The third-order valence-corrected chi connectivity index (χ3v) is 5.99. The number of benzene rings is 1. The fourth-order valence-electron chi connectivity index (χ4n) is 2.87. The van der Waals surface area contributed by atoms with E-state index in [1.807, 2.05) is 0 Å². The van der Waals surface area contributed by atoms with Gasteiger partial charge in [0.2, 0.25) is 5.91 Å². The van der Waals surface area contributed by atoms with Crippen LogP contribution in [0.25, 0.3) is 0 Å². The lowest BCUT2D eigenvalue weighted by Gasteiger charge is -2.27. The highest BCUT2D eigenvalue weighted by atomic mass is 32.2. The van der Waals surface area contributed by atoms with Crippen LogP contribution >= 0.6 is 0 Å². The largest absolute Gasteiger partial charge is 0.347 e. The Morgan fingerprint density at radius 1 is 1.28 bits per heavy atom. The van der Waals surface area contributed by atoms with Crippen molar-refractivity contribution in [3.8, 4) is 0 Å². The molecule has 0 bridgehead atoms. The molecule has 1 fully saturated rings. The van der Waals surface area contributed by atoms with Crippen molar-refractivity contribution in [2.75, 3.05) is 11.5 Å². The van der Waals surface area contributed by atoms with E-state index >= 15 is 0 Å². The summed E-state index contributed by atoms with van der Waals surface area (Å²) in [7, 11) is -3.15. The first-order chi connectivity index (χ1) is 11.8. The van der Waals surface area contributed by atoms with Crippen LogP contribution < -0.4 is 5.32 Å². The first kappa shape index (κ1) is 17.5. The number of sulfone groups is 1. The summed E-state index contributed by atoms with van der Waals surface area (Å²) in [6, 6.07) is 5.24. The monoisotopic (exact) mass is 367 g/mol. The smallest absolute Gasteiger partial charge is 0.267 e. The summed E-state index contributed by atoms with van der Waals surface area (Å²) in [5.41, 5.74) is 0.937. The number of carbonyl (C=O) groups excluding carboxylic acids is 2. The zero-order chi connectivity index (χ0) is 18.0. The molecule has 2 aliphatic heterocycles. The third-order valence-electron chi connectivity index (χ3n) is 4.24. The molecule has 9 heteroatoms. The van der Waals surface area contributed by atoms with Crippen LogP contribution in [-0.4, -0.2) is 48.5 Å². The number of amides is 2. The summed E-state index contributed by atoms with van der Waals surface area (Å²) < 4.78 is 36.1. The number of carbonyl (C=O) groups is 2. The van der Waals surface area contributed by atoms with E-state index in [2.05, 4.69) is 10.4 Å². The molecule has 0 unspecified atom stereocenters. The van der Waals surface area contributed by atoms with Gasteiger partial charge >= 0.3 is 0 Å². The van der Waals surface area contributed by atoms with E-state index in [0.717, 1.165) is 10.6 Å². The van der Waals surface area contributed by atoms with Gasteiger partial charge in [-0.2, -0.15) is 5.10 Å². The van der Waals surface area contributed by atoms with Crippen LogP contribution in [0.5, 0.6) is 0 Å². The van der Waals surface area contributed by atoms with Gasteiger partial charge in [-0.3, -0.25) is 9.59 Å². The minimum atomic E-state index is -3.15. The summed E-state index contributed by atoms with van der Waals surface area (Å²) >= 11 is 0. The quantitative estimate of drug-likeness (QED) is 0.843. The number of rotatable bonds is 4. The molecule has 0 spiro atoms. The van der Waals surface area contributed by atoms with Gasteiger partial charge in [-0.25, -0.2) is 17.8 Å². The van der Waals surface area contributed by atoms with Crippen molar-refractivity contribution in [2.45, 2.75) is 31.8 Å². The van der Waals surface area contributed by atoms with Crippen LogP contribution in [0.1, 0.15) is 24.8 Å². The van der Waals surface area contributed by atoms with Gasteiger partial charge in [0.05, 0.1) is 17.5 Å². The number of halogens is 1. The van der Waals surface area contributed by atoms with Gasteiger partial charge in [-0.05, 0) is 24.1 Å². The maximum absolute atomic E-state index is 12.9. The molecular formula is C16H18FN3O4S. The average Bonchev–Trinajstić information content (AvgIpc) is 2.94. The van der Waals surface area contributed by atoms with Crippen LogP contribution in [0.2, 0.25) is 0 Å². The number of nitrogens with zero attached hydrogens (tertiary/aromatic N) is 2. The average molecular weight is 367 g/mol. The van der Waals surface area contributed by atoms with Crippen molar-refractivity contribution in [2.24, 2.45) is 5.10 Å². The highest BCUT2D eigenvalue weighted by Crippen LogP contribution is 2.22. The van der Waals surface area contributed by atoms with Crippen molar-refractivity contribution >= 4 is 27.4 Å². The van der Waals surface area contributed by atoms with Gasteiger partial charge in [0.1, 0.15) is 11.5 Å². The highest BCUT2D eigenvalue weighted by Gasteiger charge is 2.37. The van der Waals surface area contributed by atoms with Gasteiger partial charge in [-0.15, -0.1) is 0 Å². The standard InChI is InChI=1S/C16H18FN3O4S/c17-12-3-1-11(2-4-12)9-18-16(22)14-5-6-15(21)20(19-14)13-7-8-25(23,24)10-13/h1-4,13H,5-10H2,(H,18,22)/t13-/m0/s1. The predicted octanol–water partition coefficient (Wildman–Crippen LogP) is 0.607. The SMILES string of the molecule is O=C(NCc1ccc(F)cc1)C1=NN([C@H]2CCS(=O)(=O)C2)C(=O)CC1. The summed E-state index contributed by atoms with van der Waals surface area (Å²) in [6.07, 6.45) is 0.672. The fraction of sp³-hybridized carbons (Fsp3) is 0.438. The van der Waals surface area contributed by atoms with Crippen molar-refractivity contribution in [3.05, 3.63) is 35.6 Å². The van der Waals surface area contributed by atoms with Gasteiger partial charge < -0.3 is 5.32 Å². The molecule has 134 valence electrons. The van der Waals surface area contributed by atoms with Crippen LogP contribution in [0.3, 0.4) is 0 Å². The zero-order valence-corrected chi connectivity index (χ0v) is 14.3. The van der Waals surface area contributed by atoms with Gasteiger partial charge in [0, 0.05) is 19.4 Å². The van der Waals surface area contributed by atoms with E-state index in [9.17, 15) is 22.4 Å². The Labute approximate surface area is 144 Å². The fourth-order valence-corrected chi connectivity index (χ4v) is 4.57. The first-order valence-electron chi connectivity index (χ1n) is 7.97. The van der Waals surface area contributed by atoms with Crippen molar-refractivity contribution < 1.29 is 22.4 Å². The molecule has 1 N–H and O–H groups in total. The molecule has 1 aromatic carbocycles. The number of nitrogens with one attached hydrogen (secondary N) is 1. The second-order valence-corrected chi connectivity index (χ2v) is 8.38. The summed E-state index contributed by atoms with van der Waals surface area (Å²) in [4.78, 5) is 24.3. The topological polar surface area (TPSA) is 95.9 Å². The van der Waals surface area contributed by atoms with Crippen LogP contribution in [0.4, 0.5) is 4.39 Å². The molecule has 0 aromatic heterocycles. The summed E-state index contributed by atoms with van der Waals surface area (Å²) in [6.45, 7) is 0.212. The van der Waals surface area contributed by atoms with Crippen LogP contribution in [-0.2, 0) is 26.0 Å². The van der Waals surface area contributed by atoms with E-state index in [0.29, 0.717) is 6.42 Å². The van der Waals surface area contributed by atoms with E-state index in [-0.39, 0.29) is 48.3 Å². The lowest BCUT2D eigenvalue weighted by molar-refractivity contribution is -0.133. The van der Waals surface area contributed by atoms with E-state index < -0.39 is 21.8 Å². The molecule has 2 heterocycles. The Morgan fingerprint density at radius 3 is 2.64 bits per heavy atom. The summed E-state index contributed by atoms with van der Waals surface area (Å²) in [5, 5.41) is 7.94. The molecule has 3 rings (SSSR count). The first-order valence-corrected chi connectivity index (χ1v) is 9.79. The molecular weight excluding hydrogens is 349 g/mol. The molecule has 7 nitrogen and oxygen atoms in total. The van der Waals surface area contributed by atoms with E-state index in [1.54, 1.807) is 12.1 Å². The van der Waals surface area contributed by atoms with Gasteiger partial charge in [-0.1, -0.05) is 12.1 Å². The van der Waals surface area contributed by atoms with Crippen LogP contribution in [0, 0.1) is 5.82 Å². The van der Waals surface area contributed by atoms with Crippen molar-refractivity contribution in [1.82, 2.24) is 10.3 Å². The second kappa shape index (κ2) is 6.91. The maximum Gasteiger partial charge on any atom is 0.267 e. The Hall–Kier alpha value is -2.29. The minimum Gasteiger partial charge on any atom is -0.347 e. The Kier molecular flexibility index (Phi) is 4.85. The Bertz CT molecular complexity index is 820. The van der Waals surface area contributed by atoms with Crippen LogP contribution in [0.15, 0.2) is 29.4 Å². The highest BCUT2D eigenvalue weighted by molar-refractivity contribution is 7.91. The lowest BCUT2D eigenvalue weighted by Crippen LogP contribution is -2.43. The third kappa shape index (κ3) is 4.22. The molecule has 2 amide bonds. The molecule has 1 aromatic rings. The van der Waals surface area contributed by atoms with E-state index in [1.165, 1.54) is 12.1 Å². The van der Waals surface area contributed by atoms with Crippen molar-refractivity contribution in [1.29, 1.82) is 0 Å².